The zero-order valence-electron chi connectivity index (χ0n) is 15.7. The molecule has 1 fully saturated rings. The van der Waals surface area contributed by atoms with Crippen molar-refractivity contribution in [2.45, 2.75) is 13.8 Å². The average Bonchev–Trinajstić information content (AvgIpc) is 2.97. The van der Waals surface area contributed by atoms with Gasteiger partial charge in [0.15, 0.2) is 10.9 Å². The first-order valence-corrected chi connectivity index (χ1v) is 9.43. The number of thioether (sulfide) groups is 1. The molecule has 1 aliphatic rings. The van der Waals surface area contributed by atoms with Crippen LogP contribution in [0.3, 0.4) is 0 Å². The molecule has 0 unspecified atom stereocenters. The van der Waals surface area contributed by atoms with Crippen LogP contribution in [0.15, 0.2) is 52.4 Å². The van der Waals surface area contributed by atoms with Gasteiger partial charge < -0.3 is 4.74 Å². The second kappa shape index (κ2) is 8.26. The number of carbonyl (C=O) groups is 1. The minimum absolute atomic E-state index is 0.145. The molecule has 1 aliphatic heterocycles. The van der Waals surface area contributed by atoms with Crippen molar-refractivity contribution in [1.82, 2.24) is 4.90 Å². The van der Waals surface area contributed by atoms with E-state index in [-0.39, 0.29) is 17.3 Å². The number of nitrogens with zero attached hydrogens (tertiary/aromatic N) is 3. The molecule has 28 heavy (non-hydrogen) atoms. The summed E-state index contributed by atoms with van der Waals surface area (Å²) < 4.78 is 5.02. The molecule has 0 aromatic heterocycles. The second-order valence-electron chi connectivity index (χ2n) is 6.08. The van der Waals surface area contributed by atoms with E-state index in [1.54, 1.807) is 17.0 Å². The van der Waals surface area contributed by atoms with Crippen LogP contribution in [0.25, 0.3) is 6.08 Å². The maximum Gasteiger partial charge on any atom is 0.311 e. The topological polar surface area (TPSA) is 85.0 Å². The summed E-state index contributed by atoms with van der Waals surface area (Å²) >= 11 is 1.26. The Balaban J connectivity index is 1.95. The molecule has 8 heteroatoms. The highest BCUT2D eigenvalue weighted by atomic mass is 32.2. The number of hydrogen-bond donors (Lipinski definition) is 0. The van der Waals surface area contributed by atoms with Crippen LogP contribution in [0.1, 0.15) is 18.1 Å². The highest BCUT2D eigenvalue weighted by Gasteiger charge is 2.32. The molecule has 0 saturated carbocycles. The minimum atomic E-state index is -0.507. The molecule has 1 heterocycles. The van der Waals surface area contributed by atoms with Gasteiger partial charge in [0, 0.05) is 12.6 Å². The number of carbonyl (C=O) groups excluding carboxylic acids is 1. The molecule has 0 bridgehead atoms. The van der Waals surface area contributed by atoms with E-state index in [9.17, 15) is 14.9 Å². The summed E-state index contributed by atoms with van der Waals surface area (Å²) in [6.45, 7) is 4.36. The van der Waals surface area contributed by atoms with E-state index in [0.29, 0.717) is 22.2 Å². The van der Waals surface area contributed by atoms with Gasteiger partial charge in [0.25, 0.3) is 5.91 Å². The van der Waals surface area contributed by atoms with Gasteiger partial charge in [-0.15, -0.1) is 0 Å². The summed E-state index contributed by atoms with van der Waals surface area (Å²) in [5.74, 6) is 0.00573. The number of likely N-dealkylation sites (N-methyl/N-ethyl adjacent to an activating group) is 1. The molecule has 0 spiro atoms. The fraction of sp³-hybridized carbons (Fsp3) is 0.200. The summed E-state index contributed by atoms with van der Waals surface area (Å²) in [6, 6.07) is 12.3. The molecule has 0 atom stereocenters. The quantitative estimate of drug-likeness (QED) is 0.420. The number of amides is 1. The van der Waals surface area contributed by atoms with Crippen molar-refractivity contribution in [2.75, 3.05) is 13.7 Å². The smallest absolute Gasteiger partial charge is 0.311 e. The third-order valence-corrected chi connectivity index (χ3v) is 5.17. The number of ether oxygens (including phenoxy) is 1. The van der Waals surface area contributed by atoms with E-state index in [2.05, 4.69) is 4.99 Å². The summed E-state index contributed by atoms with van der Waals surface area (Å²) in [4.78, 5) is 30.1. The van der Waals surface area contributed by atoms with Crippen LogP contribution in [0.5, 0.6) is 5.75 Å². The number of hydrogen-bond acceptors (Lipinski definition) is 6. The molecular formula is C20H19N3O4S. The standard InChI is InChI=1S/C20H19N3O4S/c1-4-22-19(24)18(28-20(22)21-15-8-5-13(2)6-9-15)12-14-7-10-17(27-3)16(11-14)23(25)26/h5-12H,4H2,1-3H3/b18-12+,21-20?. The lowest BCUT2D eigenvalue weighted by Crippen LogP contribution is -2.28. The van der Waals surface area contributed by atoms with Gasteiger partial charge in [-0.05, 0) is 55.4 Å². The van der Waals surface area contributed by atoms with Gasteiger partial charge in [0.2, 0.25) is 0 Å². The van der Waals surface area contributed by atoms with Crippen LogP contribution < -0.4 is 4.74 Å². The largest absolute Gasteiger partial charge is 0.490 e. The third kappa shape index (κ3) is 4.07. The fourth-order valence-corrected chi connectivity index (χ4v) is 3.75. The highest BCUT2D eigenvalue weighted by molar-refractivity contribution is 8.18. The molecule has 1 saturated heterocycles. The van der Waals surface area contributed by atoms with E-state index >= 15 is 0 Å². The van der Waals surface area contributed by atoms with Crippen molar-refractivity contribution < 1.29 is 14.5 Å². The number of aryl methyl sites for hydroxylation is 1. The van der Waals surface area contributed by atoms with Gasteiger partial charge in [-0.2, -0.15) is 0 Å². The Kier molecular flexibility index (Phi) is 5.79. The summed E-state index contributed by atoms with van der Waals surface area (Å²) in [6.07, 6.45) is 1.64. The van der Waals surface area contributed by atoms with E-state index in [1.807, 2.05) is 38.1 Å². The molecule has 0 aliphatic carbocycles. The van der Waals surface area contributed by atoms with Crippen molar-refractivity contribution >= 4 is 40.3 Å². The minimum Gasteiger partial charge on any atom is -0.490 e. The number of nitro benzene ring substituents is 1. The van der Waals surface area contributed by atoms with Gasteiger partial charge >= 0.3 is 5.69 Å². The number of aliphatic imine (C=N–C) groups is 1. The number of benzene rings is 2. The van der Waals surface area contributed by atoms with Crippen LogP contribution >= 0.6 is 11.8 Å². The van der Waals surface area contributed by atoms with Crippen molar-refractivity contribution in [3.63, 3.8) is 0 Å². The Morgan fingerprint density at radius 2 is 1.96 bits per heavy atom. The Bertz CT molecular complexity index is 983. The molecule has 0 N–H and O–H groups in total. The predicted octanol–water partition coefficient (Wildman–Crippen LogP) is 4.54. The third-order valence-electron chi connectivity index (χ3n) is 4.16. The number of amidine groups is 1. The molecular weight excluding hydrogens is 378 g/mol. The summed E-state index contributed by atoms with van der Waals surface area (Å²) in [7, 11) is 1.38. The number of nitro groups is 1. The molecule has 144 valence electrons. The first kappa shape index (κ1) is 19.6. The van der Waals surface area contributed by atoms with E-state index in [1.165, 1.54) is 31.0 Å². The lowest BCUT2D eigenvalue weighted by atomic mass is 10.1. The van der Waals surface area contributed by atoms with Crippen LogP contribution in [0, 0.1) is 17.0 Å². The molecule has 7 nitrogen and oxygen atoms in total. The fourth-order valence-electron chi connectivity index (χ4n) is 2.69. The monoisotopic (exact) mass is 397 g/mol. The zero-order valence-corrected chi connectivity index (χ0v) is 16.5. The Hall–Kier alpha value is -3.13. The first-order valence-electron chi connectivity index (χ1n) is 8.62. The average molecular weight is 397 g/mol. The summed E-state index contributed by atoms with van der Waals surface area (Å²) in [5.41, 5.74) is 2.30. The van der Waals surface area contributed by atoms with E-state index in [0.717, 1.165) is 11.3 Å². The summed E-state index contributed by atoms with van der Waals surface area (Å²) in [5, 5.41) is 11.8. The number of rotatable bonds is 5. The lowest BCUT2D eigenvalue weighted by molar-refractivity contribution is -0.385. The van der Waals surface area contributed by atoms with Crippen LogP contribution in [-0.4, -0.2) is 34.6 Å². The Morgan fingerprint density at radius 3 is 2.57 bits per heavy atom. The molecule has 3 rings (SSSR count). The van der Waals surface area contributed by atoms with Crippen molar-refractivity contribution in [3.05, 3.63) is 68.6 Å². The van der Waals surface area contributed by atoms with E-state index in [4.69, 9.17) is 4.74 Å². The normalized spacial score (nSPS) is 16.8. The van der Waals surface area contributed by atoms with Gasteiger partial charge in [0.05, 0.1) is 22.6 Å². The van der Waals surface area contributed by atoms with Crippen LogP contribution in [0.2, 0.25) is 0 Å². The lowest BCUT2D eigenvalue weighted by Gasteiger charge is -2.12. The van der Waals surface area contributed by atoms with Crippen molar-refractivity contribution in [2.24, 2.45) is 4.99 Å². The molecule has 0 radical (unpaired) electrons. The van der Waals surface area contributed by atoms with Crippen molar-refractivity contribution in [3.8, 4) is 5.75 Å². The highest BCUT2D eigenvalue weighted by Crippen LogP contribution is 2.35. The van der Waals surface area contributed by atoms with Crippen LogP contribution in [-0.2, 0) is 4.79 Å². The van der Waals surface area contributed by atoms with Gasteiger partial charge in [-0.3, -0.25) is 19.8 Å². The molecule has 1 amide bonds. The van der Waals surface area contributed by atoms with Crippen LogP contribution in [0.4, 0.5) is 11.4 Å². The Morgan fingerprint density at radius 1 is 1.25 bits per heavy atom. The second-order valence-corrected chi connectivity index (χ2v) is 7.09. The maximum atomic E-state index is 12.7. The van der Waals surface area contributed by atoms with Gasteiger partial charge in [0.1, 0.15) is 0 Å². The number of methoxy groups -OCH3 is 1. The van der Waals surface area contributed by atoms with Gasteiger partial charge in [-0.25, -0.2) is 4.99 Å². The predicted molar refractivity (Wildman–Crippen MR) is 111 cm³/mol. The molecule has 2 aromatic rings. The van der Waals surface area contributed by atoms with E-state index < -0.39 is 4.92 Å². The zero-order chi connectivity index (χ0) is 20.3. The first-order chi connectivity index (χ1) is 13.4. The van der Waals surface area contributed by atoms with Crippen molar-refractivity contribution in [1.29, 1.82) is 0 Å². The molecule has 2 aromatic carbocycles. The Labute approximate surface area is 166 Å². The maximum absolute atomic E-state index is 12.7. The SMILES string of the molecule is CCN1C(=O)/C(=C\c2ccc(OC)c([N+](=O)[O-])c2)SC1=Nc1ccc(C)cc1. The van der Waals surface area contributed by atoms with Gasteiger partial charge in [-0.1, -0.05) is 23.8 Å².